The van der Waals surface area contributed by atoms with E-state index in [1.54, 1.807) is 0 Å². The van der Waals surface area contributed by atoms with Crippen molar-refractivity contribution in [1.29, 1.82) is 0 Å². The van der Waals surface area contributed by atoms with Crippen molar-refractivity contribution in [2.45, 2.75) is 25.8 Å². The first-order valence-electron chi connectivity index (χ1n) is 4.44. The molecule has 1 aliphatic heterocycles. The van der Waals surface area contributed by atoms with Crippen LogP contribution in [0.4, 0.5) is 0 Å². The van der Waals surface area contributed by atoms with Crippen LogP contribution in [0.3, 0.4) is 0 Å². The second-order valence-electron chi connectivity index (χ2n) is 3.64. The molecular formula is C7H17N3O2S. The number of rotatable bonds is 2. The smallest absolute Gasteiger partial charge is 0.276 e. The molecular weight excluding hydrogens is 190 g/mol. The Bertz CT molecular complexity index is 255. The SMILES string of the molecule is CC(N)C1CCN(S(N)(=O)=O)CC1. The Labute approximate surface area is 79.3 Å². The highest BCUT2D eigenvalue weighted by Gasteiger charge is 2.26. The molecule has 6 heteroatoms. The van der Waals surface area contributed by atoms with Gasteiger partial charge in [0.05, 0.1) is 0 Å². The minimum atomic E-state index is -3.48. The van der Waals surface area contributed by atoms with Crippen molar-refractivity contribution in [2.24, 2.45) is 16.8 Å². The summed E-state index contributed by atoms with van der Waals surface area (Å²) in [6.45, 7) is 2.97. The second-order valence-corrected chi connectivity index (χ2v) is 5.19. The molecule has 0 spiro atoms. The van der Waals surface area contributed by atoms with E-state index in [0.29, 0.717) is 19.0 Å². The molecule has 0 amide bonds. The van der Waals surface area contributed by atoms with E-state index >= 15 is 0 Å². The molecule has 0 bridgehead atoms. The summed E-state index contributed by atoms with van der Waals surface area (Å²) in [4.78, 5) is 0. The van der Waals surface area contributed by atoms with Gasteiger partial charge in [-0.15, -0.1) is 0 Å². The summed E-state index contributed by atoms with van der Waals surface area (Å²) in [7, 11) is -3.48. The maximum absolute atomic E-state index is 10.9. The molecule has 4 N–H and O–H groups in total. The van der Waals surface area contributed by atoms with Gasteiger partial charge in [-0.05, 0) is 25.7 Å². The van der Waals surface area contributed by atoms with Gasteiger partial charge < -0.3 is 5.73 Å². The van der Waals surface area contributed by atoms with Gasteiger partial charge in [-0.25, -0.2) is 5.14 Å². The molecule has 0 saturated carbocycles. The highest BCUT2D eigenvalue weighted by molar-refractivity contribution is 7.86. The van der Waals surface area contributed by atoms with E-state index in [9.17, 15) is 8.42 Å². The summed E-state index contributed by atoms with van der Waals surface area (Å²) in [6, 6.07) is 0.141. The minimum Gasteiger partial charge on any atom is -0.328 e. The molecule has 1 saturated heterocycles. The van der Waals surface area contributed by atoms with E-state index in [2.05, 4.69) is 0 Å². The number of hydrogen-bond donors (Lipinski definition) is 2. The zero-order valence-corrected chi connectivity index (χ0v) is 8.63. The molecule has 0 aromatic carbocycles. The summed E-state index contributed by atoms with van der Waals surface area (Å²) < 4.78 is 23.2. The summed E-state index contributed by atoms with van der Waals surface area (Å²) in [5.41, 5.74) is 5.72. The average molecular weight is 207 g/mol. The van der Waals surface area contributed by atoms with Crippen molar-refractivity contribution in [3.05, 3.63) is 0 Å². The Morgan fingerprint density at radius 1 is 1.38 bits per heavy atom. The van der Waals surface area contributed by atoms with Crippen LogP contribution >= 0.6 is 0 Å². The first-order chi connectivity index (χ1) is 5.91. The van der Waals surface area contributed by atoms with Crippen LogP contribution in [-0.4, -0.2) is 31.9 Å². The molecule has 78 valence electrons. The predicted octanol–water partition coefficient (Wildman–Crippen LogP) is -0.751. The van der Waals surface area contributed by atoms with Crippen LogP contribution in [0.15, 0.2) is 0 Å². The predicted molar refractivity (Wildman–Crippen MR) is 51.1 cm³/mol. The first-order valence-corrected chi connectivity index (χ1v) is 5.95. The topological polar surface area (TPSA) is 89.4 Å². The van der Waals surface area contributed by atoms with E-state index < -0.39 is 10.2 Å². The van der Waals surface area contributed by atoms with E-state index in [4.69, 9.17) is 10.9 Å². The molecule has 0 aliphatic carbocycles. The van der Waals surface area contributed by atoms with E-state index in [1.165, 1.54) is 4.31 Å². The fourth-order valence-electron chi connectivity index (χ4n) is 1.66. The zero-order valence-electron chi connectivity index (χ0n) is 7.81. The maximum Gasteiger partial charge on any atom is 0.276 e. The lowest BCUT2D eigenvalue weighted by molar-refractivity contribution is 0.251. The normalized spacial score (nSPS) is 24.5. The zero-order chi connectivity index (χ0) is 10.1. The van der Waals surface area contributed by atoms with Crippen LogP contribution < -0.4 is 10.9 Å². The fraction of sp³-hybridized carbons (Fsp3) is 1.00. The molecule has 13 heavy (non-hydrogen) atoms. The van der Waals surface area contributed by atoms with Gasteiger partial charge in [0.1, 0.15) is 0 Å². The molecule has 1 rings (SSSR count). The lowest BCUT2D eigenvalue weighted by Gasteiger charge is -2.31. The minimum absolute atomic E-state index is 0.141. The summed E-state index contributed by atoms with van der Waals surface area (Å²) in [6.07, 6.45) is 1.63. The van der Waals surface area contributed by atoms with Crippen LogP contribution in [0.2, 0.25) is 0 Å². The largest absolute Gasteiger partial charge is 0.328 e. The molecule has 1 atom stereocenters. The quantitative estimate of drug-likeness (QED) is 0.624. The van der Waals surface area contributed by atoms with Crippen molar-refractivity contribution in [3.63, 3.8) is 0 Å². The van der Waals surface area contributed by atoms with Crippen LogP contribution in [0.25, 0.3) is 0 Å². The van der Waals surface area contributed by atoms with Gasteiger partial charge in [-0.1, -0.05) is 0 Å². The van der Waals surface area contributed by atoms with Crippen molar-refractivity contribution < 1.29 is 8.42 Å². The van der Waals surface area contributed by atoms with Gasteiger partial charge in [-0.2, -0.15) is 12.7 Å². The van der Waals surface area contributed by atoms with Gasteiger partial charge in [-0.3, -0.25) is 0 Å². The van der Waals surface area contributed by atoms with Crippen LogP contribution in [-0.2, 0) is 10.2 Å². The monoisotopic (exact) mass is 207 g/mol. The maximum atomic E-state index is 10.9. The Morgan fingerprint density at radius 3 is 2.15 bits per heavy atom. The van der Waals surface area contributed by atoms with Crippen molar-refractivity contribution in [1.82, 2.24) is 4.31 Å². The van der Waals surface area contributed by atoms with Crippen molar-refractivity contribution >= 4 is 10.2 Å². The number of nitrogens with two attached hydrogens (primary N) is 2. The number of hydrogen-bond acceptors (Lipinski definition) is 3. The Hall–Kier alpha value is -0.170. The van der Waals surface area contributed by atoms with Crippen LogP contribution in [0.5, 0.6) is 0 Å². The molecule has 1 unspecified atom stereocenters. The lowest BCUT2D eigenvalue weighted by atomic mass is 9.92. The standard InChI is InChI=1S/C7H17N3O2S/c1-6(8)7-2-4-10(5-3-7)13(9,11)12/h6-7H,2-5,8H2,1H3,(H2,9,11,12). The first kappa shape index (κ1) is 10.9. The molecule has 1 fully saturated rings. The number of piperidine rings is 1. The van der Waals surface area contributed by atoms with Crippen molar-refractivity contribution in [2.75, 3.05) is 13.1 Å². The number of nitrogens with zero attached hydrogens (tertiary/aromatic N) is 1. The van der Waals surface area contributed by atoms with Crippen LogP contribution in [0.1, 0.15) is 19.8 Å². The molecule has 1 aliphatic rings. The Kier molecular flexibility index (Phi) is 3.28. The van der Waals surface area contributed by atoms with Crippen LogP contribution in [0, 0.1) is 5.92 Å². The molecule has 0 radical (unpaired) electrons. The molecule has 0 aromatic rings. The Morgan fingerprint density at radius 2 is 1.85 bits per heavy atom. The van der Waals surface area contributed by atoms with E-state index in [0.717, 1.165) is 12.8 Å². The average Bonchev–Trinajstić information content (AvgIpc) is 2.03. The lowest BCUT2D eigenvalue weighted by Crippen LogP contribution is -2.45. The molecule has 0 aromatic heterocycles. The van der Waals surface area contributed by atoms with E-state index in [-0.39, 0.29) is 6.04 Å². The van der Waals surface area contributed by atoms with Gasteiger partial charge in [0.15, 0.2) is 0 Å². The third-order valence-electron chi connectivity index (χ3n) is 2.60. The van der Waals surface area contributed by atoms with Gasteiger partial charge >= 0.3 is 0 Å². The van der Waals surface area contributed by atoms with Gasteiger partial charge in [0.2, 0.25) is 0 Å². The highest BCUT2D eigenvalue weighted by Crippen LogP contribution is 2.20. The highest BCUT2D eigenvalue weighted by atomic mass is 32.2. The van der Waals surface area contributed by atoms with E-state index in [1.807, 2.05) is 6.92 Å². The summed E-state index contributed by atoms with van der Waals surface area (Å²) in [5.74, 6) is 0.429. The third kappa shape index (κ3) is 2.91. The van der Waals surface area contributed by atoms with Gasteiger partial charge in [0, 0.05) is 19.1 Å². The fourth-order valence-corrected chi connectivity index (χ4v) is 2.38. The second kappa shape index (κ2) is 3.91. The summed E-state index contributed by atoms with van der Waals surface area (Å²) in [5, 5.41) is 5.00. The Balaban J connectivity index is 2.49. The summed E-state index contributed by atoms with van der Waals surface area (Å²) >= 11 is 0. The molecule has 5 nitrogen and oxygen atoms in total. The van der Waals surface area contributed by atoms with Gasteiger partial charge in [0.25, 0.3) is 10.2 Å². The third-order valence-corrected chi connectivity index (χ3v) is 3.69. The molecule has 1 heterocycles. The van der Waals surface area contributed by atoms with Crippen molar-refractivity contribution in [3.8, 4) is 0 Å².